The van der Waals surface area contributed by atoms with Crippen molar-refractivity contribution in [3.8, 4) is 0 Å². The van der Waals surface area contributed by atoms with Gasteiger partial charge in [-0.05, 0) is 44.0 Å². The summed E-state index contributed by atoms with van der Waals surface area (Å²) in [4.78, 5) is 0.199. The van der Waals surface area contributed by atoms with Gasteiger partial charge in [0.1, 0.15) is 0 Å². The van der Waals surface area contributed by atoms with E-state index in [1.165, 1.54) is 6.07 Å². The molecule has 0 unspecified atom stereocenters. The van der Waals surface area contributed by atoms with Crippen LogP contribution in [0.5, 0.6) is 0 Å². The molecule has 0 spiro atoms. The summed E-state index contributed by atoms with van der Waals surface area (Å²) in [6.07, 6.45) is 0. The van der Waals surface area contributed by atoms with Gasteiger partial charge in [0.2, 0.25) is 10.0 Å². The van der Waals surface area contributed by atoms with Crippen LogP contribution in [0.25, 0.3) is 0 Å². The Balaban J connectivity index is 3.35. The fourth-order valence-corrected chi connectivity index (χ4v) is 3.66. The van der Waals surface area contributed by atoms with Crippen molar-refractivity contribution in [3.63, 3.8) is 0 Å². The third kappa shape index (κ3) is 3.51. The number of halogens is 1. The number of hydrogen-bond donors (Lipinski definition) is 2. The van der Waals surface area contributed by atoms with Crippen molar-refractivity contribution in [1.29, 1.82) is 0 Å². The maximum absolute atomic E-state index is 12.1. The zero-order chi connectivity index (χ0) is 13.2. The van der Waals surface area contributed by atoms with Crippen LogP contribution in [-0.4, -0.2) is 19.6 Å². The standard InChI is InChI=1S/C11H16BrNO3S/c1-7(2)13-17(15,16)11-5-9(6-14)4-10(12)8(11)3/h4-5,7,13-14H,6H2,1-3H3. The van der Waals surface area contributed by atoms with Crippen LogP contribution in [0.1, 0.15) is 25.0 Å². The molecule has 0 saturated carbocycles. The highest BCUT2D eigenvalue weighted by molar-refractivity contribution is 9.10. The van der Waals surface area contributed by atoms with Gasteiger partial charge in [-0.3, -0.25) is 0 Å². The highest BCUT2D eigenvalue weighted by atomic mass is 79.9. The Morgan fingerprint density at radius 3 is 2.47 bits per heavy atom. The van der Waals surface area contributed by atoms with Gasteiger partial charge in [0, 0.05) is 10.5 Å². The number of rotatable bonds is 4. The fraction of sp³-hybridized carbons (Fsp3) is 0.455. The molecule has 0 radical (unpaired) electrons. The molecule has 0 aromatic heterocycles. The predicted molar refractivity (Wildman–Crippen MR) is 70.3 cm³/mol. The van der Waals surface area contributed by atoms with Crippen molar-refractivity contribution in [1.82, 2.24) is 4.72 Å². The zero-order valence-electron chi connectivity index (χ0n) is 9.99. The average molecular weight is 322 g/mol. The molecule has 0 amide bonds. The molecule has 96 valence electrons. The third-order valence-corrected chi connectivity index (χ3v) is 4.83. The predicted octanol–water partition coefficient (Wildman–Crippen LogP) is 1.94. The summed E-state index contributed by atoms with van der Waals surface area (Å²) in [6.45, 7) is 5.05. The molecule has 0 heterocycles. The van der Waals surface area contributed by atoms with E-state index < -0.39 is 10.0 Å². The SMILES string of the molecule is Cc1c(Br)cc(CO)cc1S(=O)(=O)NC(C)C. The van der Waals surface area contributed by atoms with E-state index in [1.54, 1.807) is 26.8 Å². The lowest BCUT2D eigenvalue weighted by Crippen LogP contribution is -2.30. The monoisotopic (exact) mass is 321 g/mol. The molecule has 4 nitrogen and oxygen atoms in total. The normalized spacial score (nSPS) is 12.1. The zero-order valence-corrected chi connectivity index (χ0v) is 12.4. The molecular formula is C11H16BrNO3S. The summed E-state index contributed by atoms with van der Waals surface area (Å²) in [6, 6.07) is 3.03. The van der Waals surface area contributed by atoms with Gasteiger partial charge in [0.15, 0.2) is 0 Å². The number of nitrogens with one attached hydrogen (secondary N) is 1. The average Bonchev–Trinajstić information content (AvgIpc) is 2.19. The maximum Gasteiger partial charge on any atom is 0.241 e. The van der Waals surface area contributed by atoms with Crippen LogP contribution in [0.2, 0.25) is 0 Å². The Hall–Kier alpha value is -0.430. The number of aliphatic hydroxyl groups excluding tert-OH is 1. The van der Waals surface area contributed by atoms with Crippen LogP contribution in [0.4, 0.5) is 0 Å². The van der Waals surface area contributed by atoms with Crippen molar-refractivity contribution >= 4 is 26.0 Å². The van der Waals surface area contributed by atoms with Gasteiger partial charge >= 0.3 is 0 Å². The third-order valence-electron chi connectivity index (χ3n) is 2.22. The second kappa shape index (κ2) is 5.48. The molecule has 1 aromatic carbocycles. The minimum Gasteiger partial charge on any atom is -0.392 e. The molecule has 0 aliphatic rings. The van der Waals surface area contributed by atoms with Crippen molar-refractivity contribution in [2.24, 2.45) is 0 Å². The molecule has 2 N–H and O–H groups in total. The molecule has 0 saturated heterocycles. The van der Waals surface area contributed by atoms with Gasteiger partial charge in [0.25, 0.3) is 0 Å². The highest BCUT2D eigenvalue weighted by Gasteiger charge is 2.20. The number of aliphatic hydroxyl groups is 1. The molecule has 0 aliphatic heterocycles. The van der Waals surface area contributed by atoms with Gasteiger partial charge in [-0.25, -0.2) is 13.1 Å². The number of hydrogen-bond acceptors (Lipinski definition) is 3. The van der Waals surface area contributed by atoms with E-state index in [-0.39, 0.29) is 17.5 Å². The molecule has 1 aromatic rings. The van der Waals surface area contributed by atoms with Crippen molar-refractivity contribution in [2.75, 3.05) is 0 Å². The van der Waals surface area contributed by atoms with E-state index in [0.717, 1.165) is 0 Å². The topological polar surface area (TPSA) is 66.4 Å². The molecule has 0 fully saturated rings. The lowest BCUT2D eigenvalue weighted by Gasteiger charge is -2.14. The van der Waals surface area contributed by atoms with Gasteiger partial charge < -0.3 is 5.11 Å². The molecule has 0 aliphatic carbocycles. The van der Waals surface area contributed by atoms with E-state index in [9.17, 15) is 8.42 Å². The maximum atomic E-state index is 12.1. The van der Waals surface area contributed by atoms with Crippen molar-refractivity contribution in [2.45, 2.75) is 38.3 Å². The van der Waals surface area contributed by atoms with Crippen LogP contribution >= 0.6 is 15.9 Å². The lowest BCUT2D eigenvalue weighted by atomic mass is 10.2. The molecule has 17 heavy (non-hydrogen) atoms. The van der Waals surface area contributed by atoms with E-state index in [1.807, 2.05) is 0 Å². The molecule has 0 bridgehead atoms. The van der Waals surface area contributed by atoms with Gasteiger partial charge in [0.05, 0.1) is 11.5 Å². The fourth-order valence-electron chi connectivity index (χ4n) is 1.45. The number of benzene rings is 1. The van der Waals surface area contributed by atoms with Gasteiger partial charge in [-0.2, -0.15) is 0 Å². The molecule has 1 rings (SSSR count). The smallest absolute Gasteiger partial charge is 0.241 e. The van der Waals surface area contributed by atoms with Crippen molar-refractivity contribution in [3.05, 3.63) is 27.7 Å². The molecule has 6 heteroatoms. The second-order valence-electron chi connectivity index (χ2n) is 4.13. The quantitative estimate of drug-likeness (QED) is 0.890. The molecule has 0 atom stereocenters. The van der Waals surface area contributed by atoms with Crippen LogP contribution in [0, 0.1) is 6.92 Å². The van der Waals surface area contributed by atoms with Crippen LogP contribution in [0.3, 0.4) is 0 Å². The second-order valence-corrected chi connectivity index (χ2v) is 6.67. The first kappa shape index (κ1) is 14.6. The summed E-state index contributed by atoms with van der Waals surface area (Å²) >= 11 is 3.29. The first-order valence-corrected chi connectivity index (χ1v) is 7.47. The summed E-state index contributed by atoms with van der Waals surface area (Å²) in [5.41, 5.74) is 1.20. The van der Waals surface area contributed by atoms with E-state index in [4.69, 9.17) is 5.11 Å². The highest BCUT2D eigenvalue weighted by Crippen LogP contribution is 2.25. The van der Waals surface area contributed by atoms with Crippen LogP contribution < -0.4 is 4.72 Å². The van der Waals surface area contributed by atoms with E-state index in [2.05, 4.69) is 20.7 Å². The first-order chi connectivity index (χ1) is 7.77. The summed E-state index contributed by atoms with van der Waals surface area (Å²) < 4.78 is 27.3. The largest absolute Gasteiger partial charge is 0.392 e. The Morgan fingerprint density at radius 1 is 1.41 bits per heavy atom. The summed E-state index contributed by atoms with van der Waals surface area (Å²) in [5, 5.41) is 9.09. The van der Waals surface area contributed by atoms with Crippen molar-refractivity contribution < 1.29 is 13.5 Å². The van der Waals surface area contributed by atoms with E-state index in [0.29, 0.717) is 15.6 Å². The van der Waals surface area contributed by atoms with Gasteiger partial charge in [-0.1, -0.05) is 15.9 Å². The minimum atomic E-state index is -3.54. The minimum absolute atomic E-state index is 0.170. The Morgan fingerprint density at radius 2 is 2.00 bits per heavy atom. The Bertz CT molecular complexity index is 512. The lowest BCUT2D eigenvalue weighted by molar-refractivity contribution is 0.281. The first-order valence-electron chi connectivity index (χ1n) is 5.20. The van der Waals surface area contributed by atoms with Crippen LogP contribution in [-0.2, 0) is 16.6 Å². The number of sulfonamides is 1. The van der Waals surface area contributed by atoms with Gasteiger partial charge in [-0.15, -0.1) is 0 Å². The van der Waals surface area contributed by atoms with E-state index >= 15 is 0 Å². The Kier molecular flexibility index (Phi) is 4.71. The summed E-state index contributed by atoms with van der Waals surface area (Å²) in [5.74, 6) is 0. The Labute approximate surface area is 110 Å². The molecular weight excluding hydrogens is 306 g/mol. The summed E-state index contributed by atoms with van der Waals surface area (Å²) in [7, 11) is -3.54. The van der Waals surface area contributed by atoms with Crippen LogP contribution in [0.15, 0.2) is 21.5 Å².